The lowest BCUT2D eigenvalue weighted by Gasteiger charge is -2.45. The van der Waals surface area contributed by atoms with E-state index in [4.69, 9.17) is 15.6 Å². The van der Waals surface area contributed by atoms with Crippen molar-refractivity contribution in [3.8, 4) is 22.8 Å². The number of amides is 6. The minimum absolute atomic E-state index is 0.0951. The molecule has 6 amide bonds. The molecule has 17 nitrogen and oxygen atoms in total. The van der Waals surface area contributed by atoms with Crippen LogP contribution in [0.2, 0.25) is 0 Å². The molecule has 17 heteroatoms. The van der Waals surface area contributed by atoms with Crippen molar-refractivity contribution in [1.29, 1.82) is 0 Å². The molecule has 1 unspecified atom stereocenters. The lowest BCUT2D eigenvalue weighted by atomic mass is 9.86. The van der Waals surface area contributed by atoms with Crippen molar-refractivity contribution in [3.05, 3.63) is 95.8 Å². The summed E-state index contributed by atoms with van der Waals surface area (Å²) in [5.41, 5.74) is 10.6. The molecule has 5 aromatic rings. The van der Waals surface area contributed by atoms with E-state index in [1.54, 1.807) is 6.07 Å². The van der Waals surface area contributed by atoms with Gasteiger partial charge in [-0.2, -0.15) is 5.10 Å². The summed E-state index contributed by atoms with van der Waals surface area (Å²) < 4.78 is 8.09. The summed E-state index contributed by atoms with van der Waals surface area (Å²) in [6, 6.07) is 23.4. The molecule has 3 aromatic carbocycles. The molecular weight excluding hydrogens is 863 g/mol. The number of likely N-dealkylation sites (tertiary alicyclic amines) is 4. The second kappa shape index (κ2) is 18.4. The number of aromatic nitrogens is 4. The summed E-state index contributed by atoms with van der Waals surface area (Å²) >= 11 is 0. The Balaban J connectivity index is 0.633. The molecule has 11 rings (SSSR count). The zero-order valence-corrected chi connectivity index (χ0v) is 38.2. The highest BCUT2D eigenvalue weighted by atomic mass is 16.5. The van der Waals surface area contributed by atoms with Crippen molar-refractivity contribution in [1.82, 2.24) is 49.6 Å². The minimum atomic E-state index is -0.968. The van der Waals surface area contributed by atoms with E-state index in [0.29, 0.717) is 29.0 Å². The molecule has 0 spiro atoms. The van der Waals surface area contributed by atoms with E-state index in [2.05, 4.69) is 39.6 Å². The van der Waals surface area contributed by atoms with Crippen molar-refractivity contribution >= 4 is 46.5 Å². The van der Waals surface area contributed by atoms with Crippen LogP contribution in [0.5, 0.6) is 11.5 Å². The summed E-state index contributed by atoms with van der Waals surface area (Å²) in [7, 11) is 0. The molecule has 6 aliphatic rings. The summed E-state index contributed by atoms with van der Waals surface area (Å²) in [6.45, 7) is 6.84. The van der Waals surface area contributed by atoms with Crippen LogP contribution < -0.4 is 15.8 Å². The lowest BCUT2D eigenvalue weighted by Crippen LogP contribution is -2.54. The van der Waals surface area contributed by atoms with E-state index < -0.39 is 23.8 Å². The molecule has 0 aliphatic carbocycles. The molecule has 8 heterocycles. The summed E-state index contributed by atoms with van der Waals surface area (Å²) in [5, 5.41) is 8.16. The van der Waals surface area contributed by atoms with E-state index in [-0.39, 0.29) is 36.7 Å². The Morgan fingerprint density at radius 2 is 1.25 bits per heavy atom. The maximum Gasteiger partial charge on any atom is 0.320 e. The number of urea groups is 1. The van der Waals surface area contributed by atoms with Gasteiger partial charge in [-0.15, -0.1) is 0 Å². The maximum atomic E-state index is 13.8. The van der Waals surface area contributed by atoms with Gasteiger partial charge in [0.05, 0.1) is 22.6 Å². The molecule has 0 radical (unpaired) electrons. The van der Waals surface area contributed by atoms with Crippen molar-refractivity contribution in [3.63, 3.8) is 0 Å². The molecule has 3 N–H and O–H groups in total. The number of hydrogen-bond donors (Lipinski definition) is 2. The fourth-order valence-corrected chi connectivity index (χ4v) is 11.6. The van der Waals surface area contributed by atoms with Crippen LogP contribution in [0.3, 0.4) is 0 Å². The van der Waals surface area contributed by atoms with Crippen molar-refractivity contribution < 1.29 is 28.7 Å². The first-order valence-electron chi connectivity index (χ1n) is 24.4. The van der Waals surface area contributed by atoms with Crippen LogP contribution in [0.4, 0.5) is 10.6 Å². The third-order valence-corrected chi connectivity index (χ3v) is 15.4. The summed E-state index contributed by atoms with van der Waals surface area (Å²) in [6.07, 6.45) is 9.37. The number of fused-ring (bicyclic) bond motifs is 2. The monoisotopic (exact) mass is 919 g/mol. The smallest absolute Gasteiger partial charge is 0.320 e. The van der Waals surface area contributed by atoms with Gasteiger partial charge in [0.15, 0.2) is 5.65 Å². The first kappa shape index (κ1) is 43.8. The SMILES string of the molecule is Nc1ncnc2c1c(-c1ccc(Oc3ccccc3)cc1)nn2C1CCN(C2CCN(C(=O)N3CCC(N4CCC(c5ccc6c(c5)C(=O)N(C5CCC(=O)NC5=O)C6=O)CC4)CC3)CC2)CC1. The number of nitrogens with two attached hydrogens (primary N) is 1. The van der Waals surface area contributed by atoms with Crippen molar-refractivity contribution in [2.24, 2.45) is 0 Å². The third-order valence-electron chi connectivity index (χ3n) is 15.4. The quantitative estimate of drug-likeness (QED) is 0.177. The van der Waals surface area contributed by atoms with Crippen LogP contribution in [-0.2, 0) is 9.59 Å². The van der Waals surface area contributed by atoms with Gasteiger partial charge < -0.3 is 30.1 Å². The molecule has 68 heavy (non-hydrogen) atoms. The number of anilines is 1. The van der Waals surface area contributed by atoms with Gasteiger partial charge in [-0.1, -0.05) is 24.3 Å². The van der Waals surface area contributed by atoms with E-state index in [1.165, 1.54) is 6.33 Å². The van der Waals surface area contributed by atoms with Crippen molar-refractivity contribution in [2.45, 2.75) is 94.3 Å². The van der Waals surface area contributed by atoms with Crippen LogP contribution in [0.15, 0.2) is 79.1 Å². The Bertz CT molecular complexity index is 2730. The number of imide groups is 2. The molecular formula is C51H57N11O6. The number of benzene rings is 3. The highest BCUT2D eigenvalue weighted by Gasteiger charge is 2.45. The van der Waals surface area contributed by atoms with Gasteiger partial charge in [-0.3, -0.25) is 29.4 Å². The molecule has 6 aliphatic heterocycles. The van der Waals surface area contributed by atoms with E-state index in [1.807, 2.05) is 66.7 Å². The molecule has 0 bridgehead atoms. The van der Waals surface area contributed by atoms with E-state index >= 15 is 0 Å². The van der Waals surface area contributed by atoms with E-state index in [9.17, 15) is 24.0 Å². The van der Waals surface area contributed by atoms with Gasteiger partial charge in [0.1, 0.15) is 35.4 Å². The van der Waals surface area contributed by atoms with Gasteiger partial charge in [-0.05, 0) is 131 Å². The topological polar surface area (TPSA) is 192 Å². The fraction of sp³-hybridized carbons (Fsp3) is 0.451. The number of carbonyl (C=O) groups is 5. The zero-order chi connectivity index (χ0) is 46.5. The summed E-state index contributed by atoms with van der Waals surface area (Å²) in [4.78, 5) is 84.0. The number of ether oxygens (including phenoxy) is 1. The van der Waals surface area contributed by atoms with Gasteiger partial charge in [0.25, 0.3) is 11.8 Å². The van der Waals surface area contributed by atoms with Gasteiger partial charge in [0.2, 0.25) is 11.8 Å². The van der Waals surface area contributed by atoms with Crippen LogP contribution in [0.1, 0.15) is 102 Å². The number of nitrogen functional groups attached to an aromatic ring is 1. The maximum absolute atomic E-state index is 13.8. The normalized spacial score (nSPS) is 22.0. The lowest BCUT2D eigenvalue weighted by molar-refractivity contribution is -0.136. The number of para-hydroxylation sites is 1. The Kier molecular flexibility index (Phi) is 11.9. The average Bonchev–Trinajstić information content (AvgIpc) is 3.89. The van der Waals surface area contributed by atoms with Gasteiger partial charge in [0, 0.05) is 63.3 Å². The second-order valence-electron chi connectivity index (χ2n) is 19.2. The zero-order valence-electron chi connectivity index (χ0n) is 38.2. The molecule has 1 atom stereocenters. The third kappa shape index (κ3) is 8.35. The number of hydrogen-bond acceptors (Lipinski definition) is 12. The van der Waals surface area contributed by atoms with Crippen LogP contribution in [0, 0.1) is 0 Å². The van der Waals surface area contributed by atoms with Crippen LogP contribution in [-0.4, -0.2) is 144 Å². The Hall–Kier alpha value is -6.72. The Labute approximate surface area is 394 Å². The molecule has 5 fully saturated rings. The van der Waals surface area contributed by atoms with E-state index in [0.717, 1.165) is 148 Å². The standard InChI is InChI=1S/C51H57N11O6/c52-46-44-45(33-6-9-39(10-7-33)68-38-4-2-1-3-5-38)56-62(47(44)54-31-53-46)37-20-24-58(25-21-37)36-18-28-60(29-19-36)51(67)59-26-16-35(17-27-59)57-22-14-32(15-23-57)34-8-11-40-41(30-34)50(66)61(49(40)65)42-12-13-43(63)55-48(42)64/h1-11,30-32,35-37,42H,12-29H2,(H2,52,53,54)(H,55,63,64). The first-order chi connectivity index (χ1) is 33.2. The van der Waals surface area contributed by atoms with Gasteiger partial charge in [-0.25, -0.2) is 19.4 Å². The number of nitrogens with one attached hydrogen (secondary N) is 1. The molecule has 352 valence electrons. The molecule has 5 saturated heterocycles. The average molecular weight is 920 g/mol. The Morgan fingerprint density at radius 3 is 1.90 bits per heavy atom. The number of piperidine rings is 5. The van der Waals surface area contributed by atoms with Gasteiger partial charge >= 0.3 is 6.03 Å². The number of carbonyl (C=O) groups excluding carboxylic acids is 5. The highest BCUT2D eigenvalue weighted by molar-refractivity contribution is 6.23. The van der Waals surface area contributed by atoms with Crippen molar-refractivity contribution in [2.75, 3.05) is 58.1 Å². The minimum Gasteiger partial charge on any atom is -0.457 e. The predicted octanol–water partition coefficient (Wildman–Crippen LogP) is 5.83. The number of nitrogens with zero attached hydrogens (tertiary/aromatic N) is 9. The predicted molar refractivity (Wildman–Crippen MR) is 253 cm³/mol. The second-order valence-corrected chi connectivity index (χ2v) is 19.2. The highest BCUT2D eigenvalue weighted by Crippen LogP contribution is 2.38. The van der Waals surface area contributed by atoms with Crippen LogP contribution in [0.25, 0.3) is 22.3 Å². The van der Waals surface area contributed by atoms with Crippen LogP contribution >= 0.6 is 0 Å². The largest absolute Gasteiger partial charge is 0.457 e. The summed E-state index contributed by atoms with van der Waals surface area (Å²) in [5.74, 6) is 0.264. The Morgan fingerprint density at radius 1 is 0.647 bits per heavy atom. The number of rotatable bonds is 8. The molecule has 0 saturated carbocycles. The first-order valence-corrected chi connectivity index (χ1v) is 24.4. The molecule has 2 aromatic heterocycles. The fourth-order valence-electron chi connectivity index (χ4n) is 11.6.